The molecule has 1 heterocycles. The van der Waals surface area contributed by atoms with E-state index in [0.717, 1.165) is 5.69 Å². The van der Waals surface area contributed by atoms with Crippen LogP contribution in [0.5, 0.6) is 5.75 Å². The Bertz CT molecular complexity index is 432. The fraction of sp³-hybridized carbons (Fsp3) is 0. The highest BCUT2D eigenvalue weighted by Crippen LogP contribution is 2.19. The van der Waals surface area contributed by atoms with E-state index in [4.69, 9.17) is 11.6 Å². The fourth-order valence-corrected chi connectivity index (χ4v) is 1.28. The number of benzene rings is 1. The third-order valence-corrected chi connectivity index (χ3v) is 1.96. The molecule has 2 aromatic rings. The highest BCUT2D eigenvalue weighted by molar-refractivity contribution is 6.29. The van der Waals surface area contributed by atoms with Crippen molar-refractivity contribution in [2.75, 3.05) is 5.32 Å². The van der Waals surface area contributed by atoms with Gasteiger partial charge in [-0.25, -0.2) is 9.97 Å². The van der Waals surface area contributed by atoms with Gasteiger partial charge in [-0.1, -0.05) is 17.7 Å². The standard InChI is InChI=1S/C10H8ClN3O/c11-9-5-10(13-6-12-9)14-7-2-1-3-8(15)4-7/h1-6,15H,(H,12,13,14). The number of halogens is 1. The smallest absolute Gasteiger partial charge is 0.135 e. The van der Waals surface area contributed by atoms with Crippen LogP contribution in [-0.2, 0) is 0 Å². The van der Waals surface area contributed by atoms with E-state index in [1.54, 1.807) is 24.3 Å². The molecule has 2 rings (SSSR count). The summed E-state index contributed by atoms with van der Waals surface area (Å²) in [4.78, 5) is 7.74. The van der Waals surface area contributed by atoms with Crippen LogP contribution in [0.3, 0.4) is 0 Å². The zero-order valence-electron chi connectivity index (χ0n) is 7.68. The number of nitrogens with zero attached hydrogens (tertiary/aromatic N) is 2. The minimum Gasteiger partial charge on any atom is -0.508 e. The summed E-state index contributed by atoms with van der Waals surface area (Å²) in [5.74, 6) is 0.778. The van der Waals surface area contributed by atoms with Crippen molar-refractivity contribution in [2.45, 2.75) is 0 Å². The number of phenolic OH excluding ortho intramolecular Hbond substituents is 1. The molecule has 0 aliphatic carbocycles. The number of hydrogen-bond donors (Lipinski definition) is 2. The second-order valence-corrected chi connectivity index (χ2v) is 3.29. The van der Waals surface area contributed by atoms with Gasteiger partial charge in [-0.3, -0.25) is 0 Å². The summed E-state index contributed by atoms with van der Waals surface area (Å²) >= 11 is 5.70. The summed E-state index contributed by atoms with van der Waals surface area (Å²) in [6.07, 6.45) is 1.37. The fourth-order valence-electron chi connectivity index (χ4n) is 1.13. The molecule has 0 unspecified atom stereocenters. The number of nitrogens with one attached hydrogen (secondary N) is 1. The minimum atomic E-state index is 0.195. The van der Waals surface area contributed by atoms with Crippen molar-refractivity contribution in [3.8, 4) is 5.75 Å². The van der Waals surface area contributed by atoms with Crippen LogP contribution in [0.1, 0.15) is 0 Å². The quantitative estimate of drug-likeness (QED) is 0.766. The average molecular weight is 222 g/mol. The van der Waals surface area contributed by atoms with E-state index < -0.39 is 0 Å². The van der Waals surface area contributed by atoms with Crippen molar-refractivity contribution in [3.63, 3.8) is 0 Å². The van der Waals surface area contributed by atoms with Gasteiger partial charge in [0.25, 0.3) is 0 Å². The van der Waals surface area contributed by atoms with Crippen LogP contribution in [0, 0.1) is 0 Å². The SMILES string of the molecule is Oc1cccc(Nc2cc(Cl)ncn2)c1. The van der Waals surface area contributed by atoms with Crippen LogP contribution in [0.4, 0.5) is 11.5 Å². The van der Waals surface area contributed by atoms with E-state index in [0.29, 0.717) is 11.0 Å². The highest BCUT2D eigenvalue weighted by Gasteiger charge is 1.98. The van der Waals surface area contributed by atoms with E-state index in [2.05, 4.69) is 15.3 Å². The molecule has 1 aromatic heterocycles. The maximum absolute atomic E-state index is 9.25. The van der Waals surface area contributed by atoms with Crippen LogP contribution in [-0.4, -0.2) is 15.1 Å². The van der Waals surface area contributed by atoms with Gasteiger partial charge >= 0.3 is 0 Å². The molecule has 0 saturated carbocycles. The Labute approximate surface area is 91.6 Å². The van der Waals surface area contributed by atoms with Gasteiger partial charge in [0.1, 0.15) is 23.0 Å². The molecule has 15 heavy (non-hydrogen) atoms. The van der Waals surface area contributed by atoms with Crippen LogP contribution < -0.4 is 5.32 Å². The molecule has 5 heteroatoms. The van der Waals surface area contributed by atoms with Crippen LogP contribution in [0.25, 0.3) is 0 Å². The summed E-state index contributed by atoms with van der Waals surface area (Å²) in [6, 6.07) is 8.34. The normalized spacial score (nSPS) is 9.93. The lowest BCUT2D eigenvalue weighted by Crippen LogP contribution is -1.93. The van der Waals surface area contributed by atoms with Gasteiger partial charge in [-0.2, -0.15) is 0 Å². The zero-order valence-corrected chi connectivity index (χ0v) is 8.44. The van der Waals surface area contributed by atoms with Gasteiger partial charge < -0.3 is 10.4 Å². The lowest BCUT2D eigenvalue weighted by molar-refractivity contribution is 0.475. The van der Waals surface area contributed by atoms with Gasteiger partial charge in [-0.05, 0) is 12.1 Å². The molecule has 0 saturated heterocycles. The van der Waals surface area contributed by atoms with E-state index >= 15 is 0 Å². The van der Waals surface area contributed by atoms with E-state index in [9.17, 15) is 5.11 Å². The molecule has 0 aliphatic heterocycles. The lowest BCUT2D eigenvalue weighted by atomic mass is 10.3. The molecular weight excluding hydrogens is 214 g/mol. The lowest BCUT2D eigenvalue weighted by Gasteiger charge is -2.05. The van der Waals surface area contributed by atoms with Crippen LogP contribution in [0.15, 0.2) is 36.7 Å². The Morgan fingerprint density at radius 3 is 2.80 bits per heavy atom. The van der Waals surface area contributed by atoms with Gasteiger partial charge in [0.2, 0.25) is 0 Å². The van der Waals surface area contributed by atoms with Gasteiger partial charge in [0, 0.05) is 17.8 Å². The first-order valence-corrected chi connectivity index (χ1v) is 4.65. The Hall–Kier alpha value is -1.81. The van der Waals surface area contributed by atoms with Crippen molar-refractivity contribution in [2.24, 2.45) is 0 Å². The van der Waals surface area contributed by atoms with E-state index in [-0.39, 0.29) is 5.75 Å². The molecule has 4 nitrogen and oxygen atoms in total. The monoisotopic (exact) mass is 221 g/mol. The van der Waals surface area contributed by atoms with Crippen molar-refractivity contribution < 1.29 is 5.11 Å². The largest absolute Gasteiger partial charge is 0.508 e. The second-order valence-electron chi connectivity index (χ2n) is 2.90. The van der Waals surface area contributed by atoms with Crippen molar-refractivity contribution in [1.29, 1.82) is 0 Å². The van der Waals surface area contributed by atoms with Crippen molar-refractivity contribution >= 4 is 23.1 Å². The van der Waals surface area contributed by atoms with Gasteiger partial charge in [0.05, 0.1) is 0 Å². The topological polar surface area (TPSA) is 58.0 Å². The first-order chi connectivity index (χ1) is 7.24. The molecule has 0 bridgehead atoms. The molecule has 0 radical (unpaired) electrons. The average Bonchev–Trinajstić information content (AvgIpc) is 2.17. The van der Waals surface area contributed by atoms with E-state index in [1.165, 1.54) is 6.33 Å². The third kappa shape index (κ3) is 2.57. The number of aromatic nitrogens is 2. The maximum atomic E-state index is 9.25. The number of hydrogen-bond acceptors (Lipinski definition) is 4. The molecule has 0 aliphatic rings. The van der Waals surface area contributed by atoms with Crippen LogP contribution >= 0.6 is 11.6 Å². The number of anilines is 2. The zero-order chi connectivity index (χ0) is 10.7. The molecule has 76 valence electrons. The minimum absolute atomic E-state index is 0.195. The summed E-state index contributed by atoms with van der Waals surface area (Å²) < 4.78 is 0. The van der Waals surface area contributed by atoms with Gasteiger partial charge in [-0.15, -0.1) is 0 Å². The van der Waals surface area contributed by atoms with E-state index in [1.807, 2.05) is 6.07 Å². The number of aromatic hydroxyl groups is 1. The summed E-state index contributed by atoms with van der Waals surface area (Å²) in [6.45, 7) is 0. The summed E-state index contributed by atoms with van der Waals surface area (Å²) in [7, 11) is 0. The highest BCUT2D eigenvalue weighted by atomic mass is 35.5. The number of phenols is 1. The number of rotatable bonds is 2. The predicted octanol–water partition coefficient (Wildman–Crippen LogP) is 2.58. The first kappa shape index (κ1) is 9.73. The predicted molar refractivity (Wildman–Crippen MR) is 58.4 cm³/mol. The van der Waals surface area contributed by atoms with Crippen molar-refractivity contribution in [1.82, 2.24) is 9.97 Å². The third-order valence-electron chi connectivity index (χ3n) is 1.75. The Balaban J connectivity index is 2.22. The molecule has 0 fully saturated rings. The van der Waals surface area contributed by atoms with Gasteiger partial charge in [0.15, 0.2) is 0 Å². The first-order valence-electron chi connectivity index (χ1n) is 4.27. The summed E-state index contributed by atoms with van der Waals surface area (Å²) in [5.41, 5.74) is 0.741. The Kier molecular flexibility index (Phi) is 2.69. The second kappa shape index (κ2) is 4.14. The molecule has 0 atom stereocenters. The Morgan fingerprint density at radius 2 is 2.07 bits per heavy atom. The van der Waals surface area contributed by atoms with Crippen LogP contribution in [0.2, 0.25) is 5.15 Å². The molecule has 1 aromatic carbocycles. The Morgan fingerprint density at radius 1 is 1.20 bits per heavy atom. The molecular formula is C10H8ClN3O. The molecule has 2 N–H and O–H groups in total. The molecule has 0 amide bonds. The summed E-state index contributed by atoms with van der Waals surface area (Å²) in [5, 5.41) is 12.6. The van der Waals surface area contributed by atoms with Crippen molar-refractivity contribution in [3.05, 3.63) is 41.8 Å². The molecule has 0 spiro atoms. The maximum Gasteiger partial charge on any atom is 0.135 e.